The minimum Gasteiger partial charge on any atom is -0.348 e. The highest BCUT2D eigenvalue weighted by atomic mass is 32.1. The molecule has 0 bridgehead atoms. The normalized spacial score (nSPS) is 28.3. The predicted molar refractivity (Wildman–Crippen MR) is 88.4 cm³/mol. The summed E-state index contributed by atoms with van der Waals surface area (Å²) in [5, 5.41) is 1.05. The van der Waals surface area contributed by atoms with Crippen LogP contribution in [-0.4, -0.2) is 23.9 Å². The molecule has 0 N–H and O–H groups in total. The Balaban J connectivity index is 1.80. The number of thiazole rings is 1. The van der Waals surface area contributed by atoms with E-state index in [0.29, 0.717) is 12.5 Å². The summed E-state index contributed by atoms with van der Waals surface area (Å²) in [7, 11) is 2.15. The molecule has 0 radical (unpaired) electrons. The van der Waals surface area contributed by atoms with Gasteiger partial charge in [0.05, 0.1) is 10.6 Å². The number of rotatable bonds is 2. The summed E-state index contributed by atoms with van der Waals surface area (Å²) in [4.78, 5) is 20.4. The molecule has 4 heteroatoms. The van der Waals surface area contributed by atoms with Crippen molar-refractivity contribution in [3.05, 3.63) is 10.6 Å². The van der Waals surface area contributed by atoms with Crippen LogP contribution in [0, 0.1) is 11.3 Å². The number of aromatic nitrogens is 1. The molecule has 21 heavy (non-hydrogen) atoms. The molecule has 116 valence electrons. The lowest BCUT2D eigenvalue weighted by molar-refractivity contribution is 0.0916. The van der Waals surface area contributed by atoms with Crippen molar-refractivity contribution in [3.63, 3.8) is 0 Å². The second kappa shape index (κ2) is 5.38. The van der Waals surface area contributed by atoms with Crippen molar-refractivity contribution < 1.29 is 4.79 Å². The van der Waals surface area contributed by atoms with Gasteiger partial charge in [0.15, 0.2) is 10.9 Å². The second-order valence-electron chi connectivity index (χ2n) is 7.74. The van der Waals surface area contributed by atoms with E-state index in [-0.39, 0.29) is 11.2 Å². The number of fused-ring (bicyclic) bond motifs is 1. The number of anilines is 1. The largest absolute Gasteiger partial charge is 0.348 e. The van der Waals surface area contributed by atoms with Crippen LogP contribution in [0.3, 0.4) is 0 Å². The minimum atomic E-state index is 0.0638. The van der Waals surface area contributed by atoms with Crippen LogP contribution in [0.15, 0.2) is 0 Å². The van der Waals surface area contributed by atoms with Crippen LogP contribution in [0.1, 0.15) is 68.2 Å². The van der Waals surface area contributed by atoms with Crippen LogP contribution in [0.4, 0.5) is 5.13 Å². The molecule has 0 amide bonds. The number of hydrogen-bond donors (Lipinski definition) is 0. The summed E-state index contributed by atoms with van der Waals surface area (Å²) >= 11 is 1.61. The molecule has 1 aromatic heterocycles. The van der Waals surface area contributed by atoms with Crippen molar-refractivity contribution in [2.75, 3.05) is 11.9 Å². The number of Topliss-reactive ketones (excluding diaryl/α,β-unsaturated/α-hetero) is 1. The number of ketones is 1. The number of carbonyl (C=O) groups is 1. The lowest BCUT2D eigenvalue weighted by atomic mass is 9.78. The molecule has 1 fully saturated rings. The Hall–Kier alpha value is -0.900. The van der Waals surface area contributed by atoms with E-state index in [9.17, 15) is 4.79 Å². The van der Waals surface area contributed by atoms with Crippen LogP contribution >= 0.6 is 11.3 Å². The standard InChI is InChI=1S/C17H26N2OS/c1-11-5-7-12(8-6-11)19(4)16-18-13-9-17(2,3)10-14(20)15(13)21-16/h11-12H,5-10H2,1-4H3. The number of hydrogen-bond acceptors (Lipinski definition) is 4. The molecule has 0 aromatic carbocycles. The average molecular weight is 306 g/mol. The Morgan fingerprint density at radius 1 is 1.19 bits per heavy atom. The maximum absolute atomic E-state index is 12.3. The van der Waals surface area contributed by atoms with Gasteiger partial charge in [0.1, 0.15) is 0 Å². The molecule has 0 saturated heterocycles. The first-order valence-corrected chi connectivity index (χ1v) is 8.93. The first-order chi connectivity index (χ1) is 9.85. The van der Waals surface area contributed by atoms with Crippen molar-refractivity contribution in [1.82, 2.24) is 4.98 Å². The highest BCUT2D eigenvalue weighted by molar-refractivity contribution is 7.17. The molecule has 2 aliphatic rings. The van der Waals surface area contributed by atoms with E-state index in [0.717, 1.165) is 28.0 Å². The van der Waals surface area contributed by atoms with E-state index < -0.39 is 0 Å². The zero-order chi connectivity index (χ0) is 15.2. The van der Waals surface area contributed by atoms with E-state index in [2.05, 4.69) is 32.7 Å². The third-order valence-corrected chi connectivity index (χ3v) is 6.29. The molecule has 3 rings (SSSR count). The van der Waals surface area contributed by atoms with Gasteiger partial charge < -0.3 is 4.90 Å². The first-order valence-electron chi connectivity index (χ1n) is 8.11. The fraction of sp³-hybridized carbons (Fsp3) is 0.765. The maximum atomic E-state index is 12.3. The third-order valence-electron chi connectivity index (χ3n) is 5.06. The van der Waals surface area contributed by atoms with Gasteiger partial charge in [-0.15, -0.1) is 0 Å². The lowest BCUT2D eigenvalue weighted by Crippen LogP contribution is -2.34. The van der Waals surface area contributed by atoms with Crippen LogP contribution < -0.4 is 4.90 Å². The van der Waals surface area contributed by atoms with Crippen molar-refractivity contribution in [2.45, 2.75) is 65.3 Å². The van der Waals surface area contributed by atoms with E-state index >= 15 is 0 Å². The molecular formula is C17H26N2OS. The highest BCUT2D eigenvalue weighted by Gasteiger charge is 2.35. The van der Waals surface area contributed by atoms with Crippen molar-refractivity contribution >= 4 is 22.3 Å². The quantitative estimate of drug-likeness (QED) is 0.816. The molecule has 0 spiro atoms. The van der Waals surface area contributed by atoms with Crippen molar-refractivity contribution in [2.24, 2.45) is 11.3 Å². The van der Waals surface area contributed by atoms with Crippen LogP contribution in [0.25, 0.3) is 0 Å². The van der Waals surface area contributed by atoms with Gasteiger partial charge >= 0.3 is 0 Å². The van der Waals surface area contributed by atoms with Gasteiger partial charge in [0.2, 0.25) is 0 Å². The zero-order valence-corrected chi connectivity index (χ0v) is 14.4. The zero-order valence-electron chi connectivity index (χ0n) is 13.6. The fourth-order valence-corrected chi connectivity index (χ4v) is 4.70. The lowest BCUT2D eigenvalue weighted by Gasteiger charge is -2.33. The Labute approximate surface area is 131 Å². The van der Waals surface area contributed by atoms with Crippen LogP contribution in [0.2, 0.25) is 0 Å². The molecule has 3 nitrogen and oxygen atoms in total. The van der Waals surface area contributed by atoms with Gasteiger partial charge in [0.25, 0.3) is 0 Å². The predicted octanol–water partition coefficient (Wildman–Crippen LogP) is 4.31. The van der Waals surface area contributed by atoms with Gasteiger partial charge in [0, 0.05) is 19.5 Å². The number of carbonyl (C=O) groups excluding carboxylic acids is 1. The minimum absolute atomic E-state index is 0.0638. The summed E-state index contributed by atoms with van der Waals surface area (Å²) < 4.78 is 0. The van der Waals surface area contributed by atoms with Crippen molar-refractivity contribution in [1.29, 1.82) is 0 Å². The molecular weight excluding hydrogens is 280 g/mol. The van der Waals surface area contributed by atoms with Crippen LogP contribution in [0.5, 0.6) is 0 Å². The summed E-state index contributed by atoms with van der Waals surface area (Å²) in [5.41, 5.74) is 1.10. The van der Waals surface area contributed by atoms with Crippen LogP contribution in [-0.2, 0) is 6.42 Å². The van der Waals surface area contributed by atoms with Gasteiger partial charge in [-0.25, -0.2) is 4.98 Å². The van der Waals surface area contributed by atoms with E-state index in [4.69, 9.17) is 4.98 Å². The molecule has 0 atom stereocenters. The van der Waals surface area contributed by atoms with E-state index in [1.807, 2.05) is 0 Å². The molecule has 2 aliphatic carbocycles. The van der Waals surface area contributed by atoms with E-state index in [1.165, 1.54) is 25.7 Å². The molecule has 1 aromatic rings. The van der Waals surface area contributed by atoms with Gasteiger partial charge in [-0.05, 0) is 43.4 Å². The highest BCUT2D eigenvalue weighted by Crippen LogP contribution is 2.40. The van der Waals surface area contributed by atoms with E-state index in [1.54, 1.807) is 11.3 Å². The van der Waals surface area contributed by atoms with Crippen molar-refractivity contribution in [3.8, 4) is 0 Å². The third kappa shape index (κ3) is 3.01. The van der Waals surface area contributed by atoms with Gasteiger partial charge in [-0.2, -0.15) is 0 Å². The molecule has 0 aliphatic heterocycles. The van der Waals surface area contributed by atoms with Gasteiger partial charge in [-0.3, -0.25) is 4.79 Å². The molecule has 0 unspecified atom stereocenters. The summed E-state index contributed by atoms with van der Waals surface area (Å²) in [6, 6.07) is 0.594. The first kappa shape index (κ1) is 15.0. The second-order valence-corrected chi connectivity index (χ2v) is 8.72. The SMILES string of the molecule is CC1CCC(N(C)c2nc3c(s2)C(=O)CC(C)(C)C3)CC1. The maximum Gasteiger partial charge on any atom is 0.186 e. The monoisotopic (exact) mass is 306 g/mol. The summed E-state index contributed by atoms with van der Waals surface area (Å²) in [5.74, 6) is 1.15. The fourth-order valence-electron chi connectivity index (χ4n) is 3.64. The Morgan fingerprint density at radius 3 is 2.52 bits per heavy atom. The Bertz CT molecular complexity index is 541. The Kier molecular flexibility index (Phi) is 3.85. The molecule has 1 heterocycles. The topological polar surface area (TPSA) is 33.2 Å². The summed E-state index contributed by atoms with van der Waals surface area (Å²) in [6.45, 7) is 6.68. The number of nitrogens with zero attached hydrogens (tertiary/aromatic N) is 2. The van der Waals surface area contributed by atoms with Gasteiger partial charge in [-0.1, -0.05) is 32.1 Å². The molecule has 1 saturated carbocycles. The Morgan fingerprint density at radius 2 is 1.86 bits per heavy atom. The summed E-state index contributed by atoms with van der Waals surface area (Å²) in [6.07, 6.45) is 6.72. The smallest absolute Gasteiger partial charge is 0.186 e. The average Bonchev–Trinajstić information content (AvgIpc) is 2.81.